The molecule has 1 atom stereocenters. The molecule has 0 aliphatic carbocycles. The smallest absolute Gasteiger partial charge is 0.258 e. The first-order valence-corrected chi connectivity index (χ1v) is 5.24. The van der Waals surface area contributed by atoms with Crippen LogP contribution in [0.25, 0.3) is 0 Å². The van der Waals surface area contributed by atoms with Crippen LogP contribution in [0.15, 0.2) is 24.3 Å². The third kappa shape index (κ3) is 2.25. The monoisotopic (exact) mass is 220 g/mol. The largest absolute Gasteiger partial charge is 0.381 e. The molecule has 0 spiro atoms. The quantitative estimate of drug-likeness (QED) is 0.635. The Balaban J connectivity index is 2.05. The maximum atomic E-state index is 11.8. The summed E-state index contributed by atoms with van der Waals surface area (Å²) in [7, 11) is 3.59. The number of carbonyl (C=O) groups is 1. The van der Waals surface area contributed by atoms with E-state index >= 15 is 0 Å². The molecule has 0 aromatic heterocycles. The van der Waals surface area contributed by atoms with Crippen molar-refractivity contribution in [3.05, 3.63) is 24.3 Å². The number of hydrogen-bond donors (Lipinski definition) is 3. The molecule has 1 aromatic carbocycles. The molecule has 1 amide bonds. The van der Waals surface area contributed by atoms with Crippen molar-refractivity contribution in [1.29, 1.82) is 0 Å². The summed E-state index contributed by atoms with van der Waals surface area (Å²) in [6.07, 6.45) is 0. The van der Waals surface area contributed by atoms with Gasteiger partial charge in [-0.25, -0.2) is 5.01 Å². The number of carbonyl (C=O) groups excluding carboxylic acids is 1. The molecule has 1 aliphatic rings. The van der Waals surface area contributed by atoms with Crippen LogP contribution in [0.1, 0.15) is 0 Å². The fourth-order valence-corrected chi connectivity index (χ4v) is 1.67. The highest BCUT2D eigenvalue weighted by atomic mass is 16.2. The van der Waals surface area contributed by atoms with Gasteiger partial charge in [0.1, 0.15) is 6.04 Å². The molecule has 5 nitrogen and oxygen atoms in total. The first kappa shape index (κ1) is 10.8. The Bertz CT molecular complexity index is 391. The Labute approximate surface area is 94.8 Å². The molecule has 1 aromatic rings. The Morgan fingerprint density at radius 2 is 2.06 bits per heavy atom. The topological polar surface area (TPSA) is 56.4 Å². The normalized spacial score (nSPS) is 18.3. The van der Waals surface area contributed by atoms with Crippen LogP contribution >= 0.6 is 0 Å². The van der Waals surface area contributed by atoms with Gasteiger partial charge in [-0.15, -0.1) is 0 Å². The molecule has 86 valence electrons. The highest BCUT2D eigenvalue weighted by molar-refractivity contribution is 5.88. The predicted molar refractivity (Wildman–Crippen MR) is 64.2 cm³/mol. The minimum atomic E-state index is -0.239. The first-order chi connectivity index (χ1) is 7.66. The maximum Gasteiger partial charge on any atom is 0.258 e. The lowest BCUT2D eigenvalue weighted by molar-refractivity contribution is -0.125. The van der Waals surface area contributed by atoms with Gasteiger partial charge < -0.3 is 10.6 Å². The highest BCUT2D eigenvalue weighted by Crippen LogP contribution is 2.24. The summed E-state index contributed by atoms with van der Waals surface area (Å²) in [5.41, 5.74) is 4.74. The van der Waals surface area contributed by atoms with Crippen LogP contribution in [-0.2, 0) is 4.79 Å². The zero-order valence-corrected chi connectivity index (χ0v) is 9.45. The summed E-state index contributed by atoms with van der Waals surface area (Å²) in [4.78, 5) is 11.8. The van der Waals surface area contributed by atoms with Crippen LogP contribution in [0.2, 0.25) is 0 Å². The van der Waals surface area contributed by atoms with E-state index in [4.69, 9.17) is 0 Å². The average Bonchev–Trinajstić information content (AvgIpc) is 2.27. The molecule has 3 N–H and O–H groups in total. The summed E-state index contributed by atoms with van der Waals surface area (Å²) in [5, 5.41) is 8.07. The van der Waals surface area contributed by atoms with Crippen LogP contribution in [0.4, 0.5) is 11.4 Å². The van der Waals surface area contributed by atoms with Gasteiger partial charge >= 0.3 is 0 Å². The van der Waals surface area contributed by atoms with Crippen LogP contribution < -0.4 is 16.1 Å². The first-order valence-electron chi connectivity index (χ1n) is 5.24. The van der Waals surface area contributed by atoms with Gasteiger partial charge in [0.2, 0.25) is 0 Å². The van der Waals surface area contributed by atoms with Gasteiger partial charge in [0.25, 0.3) is 5.91 Å². The van der Waals surface area contributed by atoms with Gasteiger partial charge in [-0.1, -0.05) is 12.1 Å². The Hall–Kier alpha value is -1.75. The zero-order chi connectivity index (χ0) is 11.5. The molecule has 0 fully saturated rings. The van der Waals surface area contributed by atoms with Gasteiger partial charge in [-0.2, -0.15) is 0 Å². The fourth-order valence-electron chi connectivity index (χ4n) is 1.67. The van der Waals surface area contributed by atoms with E-state index in [1.165, 1.54) is 0 Å². The number of anilines is 2. The summed E-state index contributed by atoms with van der Waals surface area (Å²) < 4.78 is 0. The fraction of sp³-hybridized carbons (Fsp3) is 0.364. The van der Waals surface area contributed by atoms with Crippen LogP contribution in [-0.4, -0.2) is 37.6 Å². The van der Waals surface area contributed by atoms with Gasteiger partial charge in [-0.05, 0) is 12.1 Å². The van der Waals surface area contributed by atoms with E-state index in [2.05, 4.69) is 16.1 Å². The van der Waals surface area contributed by atoms with Crippen molar-refractivity contribution in [2.45, 2.75) is 6.04 Å². The molecule has 1 heterocycles. The number of fused-ring (bicyclic) bond motifs is 1. The second kappa shape index (κ2) is 4.40. The van der Waals surface area contributed by atoms with Gasteiger partial charge in [0.15, 0.2) is 0 Å². The number of nitrogens with one attached hydrogen (secondary N) is 3. The van der Waals surface area contributed by atoms with Crippen molar-refractivity contribution >= 4 is 17.3 Å². The molecule has 16 heavy (non-hydrogen) atoms. The lowest BCUT2D eigenvalue weighted by Gasteiger charge is -2.28. The van der Waals surface area contributed by atoms with E-state index in [1.54, 1.807) is 19.1 Å². The van der Waals surface area contributed by atoms with Crippen molar-refractivity contribution < 1.29 is 4.79 Å². The Kier molecular flexibility index (Phi) is 2.96. The van der Waals surface area contributed by atoms with Crippen molar-refractivity contribution in [2.75, 3.05) is 31.3 Å². The van der Waals surface area contributed by atoms with E-state index in [0.29, 0.717) is 6.54 Å². The molecule has 0 radical (unpaired) electrons. The van der Waals surface area contributed by atoms with Crippen LogP contribution in [0.3, 0.4) is 0 Å². The number of para-hydroxylation sites is 2. The molecule has 0 saturated heterocycles. The highest BCUT2D eigenvalue weighted by Gasteiger charge is 2.23. The van der Waals surface area contributed by atoms with Crippen molar-refractivity contribution in [2.24, 2.45) is 0 Å². The number of nitrogens with zero attached hydrogens (tertiary/aromatic N) is 1. The van der Waals surface area contributed by atoms with Crippen molar-refractivity contribution in [3.8, 4) is 0 Å². The Morgan fingerprint density at radius 1 is 1.38 bits per heavy atom. The third-order valence-corrected chi connectivity index (χ3v) is 2.40. The van der Waals surface area contributed by atoms with E-state index in [9.17, 15) is 4.79 Å². The Morgan fingerprint density at radius 3 is 2.75 bits per heavy atom. The zero-order valence-electron chi connectivity index (χ0n) is 9.45. The third-order valence-electron chi connectivity index (χ3n) is 2.40. The van der Waals surface area contributed by atoms with Crippen LogP contribution in [0, 0.1) is 0 Å². The number of amides is 1. The SMILES string of the molecule is CN(C)NC(=O)C1CNc2ccccc2N1. The van der Waals surface area contributed by atoms with Gasteiger partial charge in [0.05, 0.1) is 11.4 Å². The summed E-state index contributed by atoms with van der Waals surface area (Å²) in [6.45, 7) is 0.594. The summed E-state index contributed by atoms with van der Waals surface area (Å²) >= 11 is 0. The lowest BCUT2D eigenvalue weighted by atomic mass is 10.1. The number of hydrogen-bond acceptors (Lipinski definition) is 4. The minimum Gasteiger partial charge on any atom is -0.381 e. The molecule has 1 aliphatic heterocycles. The molecular formula is C11H16N4O. The molecule has 5 heteroatoms. The number of benzene rings is 1. The van der Waals surface area contributed by atoms with Crippen LogP contribution in [0.5, 0.6) is 0 Å². The summed E-state index contributed by atoms with van der Waals surface area (Å²) in [5.74, 6) is -0.0352. The molecule has 0 saturated carbocycles. The molecule has 0 bridgehead atoms. The van der Waals surface area contributed by atoms with Crippen molar-refractivity contribution in [3.63, 3.8) is 0 Å². The van der Waals surface area contributed by atoms with Crippen molar-refractivity contribution in [1.82, 2.24) is 10.4 Å². The summed E-state index contributed by atoms with van der Waals surface area (Å²) in [6, 6.07) is 7.62. The average molecular weight is 220 g/mol. The van der Waals surface area contributed by atoms with E-state index < -0.39 is 0 Å². The molecule has 1 unspecified atom stereocenters. The molecule has 2 rings (SSSR count). The van der Waals surface area contributed by atoms with E-state index in [-0.39, 0.29) is 11.9 Å². The van der Waals surface area contributed by atoms with Gasteiger partial charge in [-0.3, -0.25) is 10.2 Å². The maximum absolute atomic E-state index is 11.8. The number of rotatable bonds is 2. The predicted octanol–water partition coefficient (Wildman–Crippen LogP) is 0.485. The number of hydrazine groups is 1. The van der Waals surface area contributed by atoms with Gasteiger partial charge in [0, 0.05) is 20.6 Å². The minimum absolute atomic E-state index is 0.0352. The van der Waals surface area contributed by atoms with E-state index in [0.717, 1.165) is 11.4 Å². The molecular weight excluding hydrogens is 204 g/mol. The second-order valence-electron chi connectivity index (χ2n) is 3.99. The van der Waals surface area contributed by atoms with E-state index in [1.807, 2.05) is 24.3 Å². The second-order valence-corrected chi connectivity index (χ2v) is 3.99. The lowest BCUT2D eigenvalue weighted by Crippen LogP contribution is -2.49. The standard InChI is InChI=1S/C11H16N4O/c1-15(2)14-11(16)10-7-12-8-5-3-4-6-9(8)13-10/h3-6,10,12-13H,7H2,1-2H3,(H,14,16).